The summed E-state index contributed by atoms with van der Waals surface area (Å²) >= 11 is 0. The Labute approximate surface area is 112 Å². The summed E-state index contributed by atoms with van der Waals surface area (Å²) < 4.78 is 7.11. The topological polar surface area (TPSA) is 56.1 Å². The second-order valence-electron chi connectivity index (χ2n) is 4.72. The van der Waals surface area contributed by atoms with Gasteiger partial charge in [0, 0.05) is 30.9 Å². The highest BCUT2D eigenvalue weighted by molar-refractivity contribution is 5.58. The molecule has 19 heavy (non-hydrogen) atoms. The van der Waals surface area contributed by atoms with E-state index in [4.69, 9.17) is 4.74 Å². The highest BCUT2D eigenvalue weighted by atomic mass is 16.5. The van der Waals surface area contributed by atoms with Crippen LogP contribution >= 0.6 is 0 Å². The molecule has 1 saturated heterocycles. The van der Waals surface area contributed by atoms with Crippen LogP contribution in [0.4, 0.5) is 5.69 Å². The summed E-state index contributed by atoms with van der Waals surface area (Å²) in [6, 6.07) is 6.12. The third-order valence-electron chi connectivity index (χ3n) is 3.45. The number of ether oxygens (including phenoxy) is 1. The molecule has 2 heterocycles. The van der Waals surface area contributed by atoms with E-state index in [1.165, 1.54) is 18.5 Å². The number of nitrogens with zero attached hydrogens (tertiary/aromatic N) is 5. The largest absolute Gasteiger partial charge is 0.497 e. The van der Waals surface area contributed by atoms with Gasteiger partial charge in [0.2, 0.25) is 0 Å². The molecule has 1 aliphatic rings. The standard InChI is InChI=1S/C13H17N5O/c1-10-14-15-16-18(10)12-7-11(8-13(9-12)19-2)17-5-3-4-6-17/h7-9H,3-6H2,1-2H3. The first kappa shape index (κ1) is 12.0. The van der Waals surface area contributed by atoms with E-state index in [1.54, 1.807) is 11.8 Å². The van der Waals surface area contributed by atoms with Gasteiger partial charge in [-0.25, -0.2) is 0 Å². The van der Waals surface area contributed by atoms with Crippen LogP contribution < -0.4 is 9.64 Å². The normalized spacial score (nSPS) is 14.9. The lowest BCUT2D eigenvalue weighted by molar-refractivity contribution is 0.414. The average Bonchev–Trinajstić information content (AvgIpc) is 3.09. The van der Waals surface area contributed by atoms with E-state index in [0.717, 1.165) is 30.4 Å². The summed E-state index contributed by atoms with van der Waals surface area (Å²) in [6.07, 6.45) is 2.49. The van der Waals surface area contributed by atoms with Crippen LogP contribution in [0, 0.1) is 6.92 Å². The monoisotopic (exact) mass is 259 g/mol. The first-order chi connectivity index (χ1) is 9.28. The van der Waals surface area contributed by atoms with Crippen molar-refractivity contribution in [2.45, 2.75) is 19.8 Å². The van der Waals surface area contributed by atoms with Crippen molar-refractivity contribution < 1.29 is 4.74 Å². The van der Waals surface area contributed by atoms with Gasteiger partial charge in [-0.2, -0.15) is 4.68 Å². The molecule has 0 spiro atoms. The molecule has 0 radical (unpaired) electrons. The van der Waals surface area contributed by atoms with Gasteiger partial charge >= 0.3 is 0 Å². The molecule has 0 amide bonds. The van der Waals surface area contributed by atoms with Crippen LogP contribution in [0.15, 0.2) is 18.2 Å². The first-order valence-electron chi connectivity index (χ1n) is 6.47. The SMILES string of the molecule is COc1cc(N2CCCC2)cc(-n2nnnc2C)c1. The average molecular weight is 259 g/mol. The molecule has 1 aromatic heterocycles. The number of anilines is 1. The van der Waals surface area contributed by atoms with E-state index in [-0.39, 0.29) is 0 Å². The zero-order chi connectivity index (χ0) is 13.2. The maximum atomic E-state index is 5.38. The van der Waals surface area contributed by atoms with Crippen molar-refractivity contribution in [2.24, 2.45) is 0 Å². The molecule has 0 unspecified atom stereocenters. The van der Waals surface area contributed by atoms with Crippen LogP contribution in [0.1, 0.15) is 18.7 Å². The number of benzene rings is 1. The molecular formula is C13H17N5O. The van der Waals surface area contributed by atoms with Crippen LogP contribution in [0.25, 0.3) is 5.69 Å². The molecule has 3 rings (SSSR count). The number of aryl methyl sites for hydroxylation is 1. The fraction of sp³-hybridized carbons (Fsp3) is 0.462. The van der Waals surface area contributed by atoms with Crippen LogP contribution in [-0.4, -0.2) is 40.4 Å². The van der Waals surface area contributed by atoms with Gasteiger partial charge in [-0.1, -0.05) is 0 Å². The van der Waals surface area contributed by atoms with Gasteiger partial charge in [-0.15, -0.1) is 5.10 Å². The minimum absolute atomic E-state index is 0.764. The highest BCUT2D eigenvalue weighted by Gasteiger charge is 2.15. The van der Waals surface area contributed by atoms with Crippen molar-refractivity contribution in [3.8, 4) is 11.4 Å². The molecule has 2 aromatic rings. The lowest BCUT2D eigenvalue weighted by Crippen LogP contribution is -2.18. The maximum absolute atomic E-state index is 5.38. The van der Waals surface area contributed by atoms with Crippen molar-refractivity contribution in [2.75, 3.05) is 25.1 Å². The van der Waals surface area contributed by atoms with Crippen LogP contribution in [-0.2, 0) is 0 Å². The molecule has 6 nitrogen and oxygen atoms in total. The lowest BCUT2D eigenvalue weighted by atomic mass is 10.2. The van der Waals surface area contributed by atoms with Crippen molar-refractivity contribution in [3.63, 3.8) is 0 Å². The van der Waals surface area contributed by atoms with Crippen molar-refractivity contribution in [1.29, 1.82) is 0 Å². The van der Waals surface area contributed by atoms with Crippen molar-refractivity contribution in [3.05, 3.63) is 24.0 Å². The van der Waals surface area contributed by atoms with Gasteiger partial charge in [0.15, 0.2) is 5.82 Å². The Morgan fingerprint density at radius 2 is 1.84 bits per heavy atom. The summed E-state index contributed by atoms with van der Waals surface area (Å²) in [6.45, 7) is 4.08. The molecular weight excluding hydrogens is 242 g/mol. The Bertz CT molecular complexity index is 574. The quantitative estimate of drug-likeness (QED) is 0.837. The van der Waals surface area contributed by atoms with E-state index in [2.05, 4.69) is 32.6 Å². The highest BCUT2D eigenvalue weighted by Crippen LogP contribution is 2.28. The Hall–Kier alpha value is -2.11. The molecule has 100 valence electrons. The molecule has 0 atom stereocenters. The van der Waals surface area contributed by atoms with Gasteiger partial charge in [-0.3, -0.25) is 0 Å². The number of methoxy groups -OCH3 is 1. The fourth-order valence-electron chi connectivity index (χ4n) is 2.44. The molecule has 0 aliphatic carbocycles. The van der Waals surface area contributed by atoms with Crippen LogP contribution in [0.3, 0.4) is 0 Å². The van der Waals surface area contributed by atoms with Gasteiger partial charge in [0.1, 0.15) is 5.75 Å². The maximum Gasteiger partial charge on any atom is 0.153 e. The number of tetrazole rings is 1. The van der Waals surface area contributed by atoms with Gasteiger partial charge in [0.25, 0.3) is 0 Å². The number of hydrogen-bond acceptors (Lipinski definition) is 5. The zero-order valence-corrected chi connectivity index (χ0v) is 11.2. The molecule has 0 N–H and O–H groups in total. The number of rotatable bonds is 3. The first-order valence-corrected chi connectivity index (χ1v) is 6.47. The minimum atomic E-state index is 0.764. The molecule has 1 aliphatic heterocycles. The Morgan fingerprint density at radius 1 is 1.11 bits per heavy atom. The summed E-state index contributed by atoms with van der Waals surface area (Å²) in [5, 5.41) is 11.6. The second-order valence-corrected chi connectivity index (χ2v) is 4.72. The summed E-state index contributed by atoms with van der Waals surface area (Å²) in [5.41, 5.74) is 2.10. The third-order valence-corrected chi connectivity index (χ3v) is 3.45. The summed E-state index contributed by atoms with van der Waals surface area (Å²) in [5.74, 6) is 1.59. The predicted molar refractivity (Wildman–Crippen MR) is 71.9 cm³/mol. The zero-order valence-electron chi connectivity index (χ0n) is 11.2. The molecule has 1 fully saturated rings. The number of aromatic nitrogens is 4. The third kappa shape index (κ3) is 2.25. The molecule has 0 bridgehead atoms. The van der Waals surface area contributed by atoms with Crippen molar-refractivity contribution >= 4 is 5.69 Å². The van der Waals surface area contributed by atoms with E-state index < -0.39 is 0 Å². The smallest absolute Gasteiger partial charge is 0.153 e. The molecule has 6 heteroatoms. The Morgan fingerprint density at radius 3 is 2.47 bits per heavy atom. The molecule has 0 saturated carbocycles. The minimum Gasteiger partial charge on any atom is -0.497 e. The van der Waals surface area contributed by atoms with E-state index in [0.29, 0.717) is 0 Å². The Balaban J connectivity index is 2.04. The van der Waals surface area contributed by atoms with Gasteiger partial charge < -0.3 is 9.64 Å². The van der Waals surface area contributed by atoms with E-state index in [1.807, 2.05) is 13.0 Å². The van der Waals surface area contributed by atoms with Crippen LogP contribution in [0.2, 0.25) is 0 Å². The fourth-order valence-corrected chi connectivity index (χ4v) is 2.44. The number of hydrogen-bond donors (Lipinski definition) is 0. The van der Waals surface area contributed by atoms with Gasteiger partial charge in [0.05, 0.1) is 12.8 Å². The Kier molecular flexibility index (Phi) is 3.06. The predicted octanol–water partition coefficient (Wildman–Crippen LogP) is 1.58. The van der Waals surface area contributed by atoms with Crippen molar-refractivity contribution in [1.82, 2.24) is 20.2 Å². The summed E-state index contributed by atoms with van der Waals surface area (Å²) in [7, 11) is 1.68. The molecule has 1 aromatic carbocycles. The van der Waals surface area contributed by atoms with E-state index in [9.17, 15) is 0 Å². The van der Waals surface area contributed by atoms with Gasteiger partial charge in [-0.05, 0) is 36.3 Å². The van der Waals surface area contributed by atoms with E-state index >= 15 is 0 Å². The van der Waals surface area contributed by atoms with Crippen LogP contribution in [0.5, 0.6) is 5.75 Å². The summed E-state index contributed by atoms with van der Waals surface area (Å²) in [4.78, 5) is 2.37. The second kappa shape index (κ2) is 4.87. The lowest BCUT2D eigenvalue weighted by Gasteiger charge is -2.19.